The first kappa shape index (κ1) is 16.5. The summed E-state index contributed by atoms with van der Waals surface area (Å²) >= 11 is 0. The standard InChI is InChI=1S/C15H26N.ClH/c1-5-6-7-10-13-16(3,4)15-12-9-8-11-14(15)2;/h8-9,11-12H,5-7,10,13H2,1-4H3;1H/q+1;/p-1. The van der Waals surface area contributed by atoms with Gasteiger partial charge >= 0.3 is 0 Å². The molecule has 0 unspecified atom stereocenters. The minimum Gasteiger partial charge on any atom is -1.00 e. The number of halogens is 1. The number of unbranched alkanes of at least 4 members (excludes halogenated alkanes) is 3. The van der Waals surface area contributed by atoms with Gasteiger partial charge in [0, 0.05) is 5.56 Å². The predicted molar refractivity (Wildman–Crippen MR) is 73.8 cm³/mol. The van der Waals surface area contributed by atoms with Crippen LogP contribution < -0.4 is 16.9 Å². The highest BCUT2D eigenvalue weighted by molar-refractivity contribution is 5.48. The lowest BCUT2D eigenvalue weighted by Crippen LogP contribution is -3.00. The van der Waals surface area contributed by atoms with Crippen molar-refractivity contribution >= 4 is 5.69 Å². The molecule has 98 valence electrons. The van der Waals surface area contributed by atoms with Gasteiger partial charge in [-0.2, -0.15) is 0 Å². The van der Waals surface area contributed by atoms with Gasteiger partial charge in [0.1, 0.15) is 5.69 Å². The van der Waals surface area contributed by atoms with Crippen molar-refractivity contribution in [2.24, 2.45) is 0 Å². The van der Waals surface area contributed by atoms with Gasteiger partial charge in [0.15, 0.2) is 0 Å². The Hall–Kier alpha value is -0.530. The molecular formula is C15H26ClN. The van der Waals surface area contributed by atoms with E-state index in [1.54, 1.807) is 0 Å². The lowest BCUT2D eigenvalue weighted by Gasteiger charge is -2.30. The lowest BCUT2D eigenvalue weighted by molar-refractivity contribution is -0.00000370. The van der Waals surface area contributed by atoms with Crippen LogP contribution in [0.5, 0.6) is 0 Å². The third kappa shape index (κ3) is 5.10. The zero-order valence-corrected chi connectivity index (χ0v) is 12.4. The molecule has 0 atom stereocenters. The monoisotopic (exact) mass is 255 g/mol. The molecule has 1 rings (SSSR count). The highest BCUT2D eigenvalue weighted by atomic mass is 35.5. The van der Waals surface area contributed by atoms with Crippen molar-refractivity contribution in [1.29, 1.82) is 0 Å². The van der Waals surface area contributed by atoms with Crippen molar-refractivity contribution < 1.29 is 12.4 Å². The Morgan fingerprint density at radius 3 is 2.24 bits per heavy atom. The molecule has 1 aromatic carbocycles. The van der Waals surface area contributed by atoms with Gasteiger partial charge in [-0.05, 0) is 25.8 Å². The molecule has 0 heterocycles. The van der Waals surface area contributed by atoms with Crippen LogP contribution >= 0.6 is 0 Å². The number of hydrogen-bond acceptors (Lipinski definition) is 0. The third-order valence-corrected chi connectivity index (χ3v) is 3.34. The second kappa shape index (κ2) is 7.73. The van der Waals surface area contributed by atoms with Crippen LogP contribution in [0.3, 0.4) is 0 Å². The Kier molecular flexibility index (Phi) is 7.49. The van der Waals surface area contributed by atoms with E-state index in [1.807, 2.05) is 0 Å². The van der Waals surface area contributed by atoms with Crippen molar-refractivity contribution in [3.05, 3.63) is 29.8 Å². The van der Waals surface area contributed by atoms with Gasteiger partial charge < -0.3 is 12.4 Å². The normalized spacial score (nSPS) is 11.1. The summed E-state index contributed by atoms with van der Waals surface area (Å²) in [6, 6.07) is 8.74. The van der Waals surface area contributed by atoms with Crippen LogP contribution in [-0.2, 0) is 0 Å². The summed E-state index contributed by atoms with van der Waals surface area (Å²) in [6.45, 7) is 5.72. The lowest BCUT2D eigenvalue weighted by atomic mass is 10.1. The molecule has 0 saturated carbocycles. The zero-order valence-electron chi connectivity index (χ0n) is 11.7. The second-order valence-electron chi connectivity index (χ2n) is 5.26. The summed E-state index contributed by atoms with van der Waals surface area (Å²) in [4.78, 5) is 0. The van der Waals surface area contributed by atoms with Gasteiger partial charge in [0.05, 0.1) is 20.6 Å². The molecule has 1 aromatic rings. The maximum Gasteiger partial charge on any atom is 0.135 e. The molecule has 0 bridgehead atoms. The highest BCUT2D eigenvalue weighted by Gasteiger charge is 2.19. The Balaban J connectivity index is 0.00000256. The van der Waals surface area contributed by atoms with Crippen LogP contribution in [0.15, 0.2) is 24.3 Å². The molecule has 1 nitrogen and oxygen atoms in total. The Morgan fingerprint density at radius 1 is 1.00 bits per heavy atom. The molecule has 2 heteroatoms. The first-order valence-electron chi connectivity index (χ1n) is 6.47. The minimum atomic E-state index is 0. The largest absolute Gasteiger partial charge is 1.00 e. The van der Waals surface area contributed by atoms with E-state index in [0.29, 0.717) is 0 Å². The van der Waals surface area contributed by atoms with Crippen molar-refractivity contribution in [3.8, 4) is 0 Å². The maximum absolute atomic E-state index is 2.31. The van der Waals surface area contributed by atoms with E-state index in [0.717, 1.165) is 4.48 Å². The number of benzene rings is 1. The van der Waals surface area contributed by atoms with Crippen molar-refractivity contribution in [3.63, 3.8) is 0 Å². The molecule has 0 saturated heterocycles. The van der Waals surface area contributed by atoms with Crippen LogP contribution in [0.2, 0.25) is 0 Å². The quantitative estimate of drug-likeness (QED) is 0.529. The fourth-order valence-corrected chi connectivity index (χ4v) is 2.30. The summed E-state index contributed by atoms with van der Waals surface area (Å²) < 4.78 is 1.01. The fraction of sp³-hybridized carbons (Fsp3) is 0.600. The van der Waals surface area contributed by atoms with Gasteiger partial charge in [-0.3, -0.25) is 4.48 Å². The number of rotatable bonds is 6. The molecule has 0 radical (unpaired) electrons. The first-order chi connectivity index (χ1) is 7.58. The average Bonchev–Trinajstić information content (AvgIpc) is 2.25. The number of quaternary nitrogens is 1. The van der Waals surface area contributed by atoms with E-state index in [-0.39, 0.29) is 12.4 Å². The molecule has 0 spiro atoms. The summed E-state index contributed by atoms with van der Waals surface area (Å²) in [5.41, 5.74) is 2.86. The topological polar surface area (TPSA) is 0 Å². The van der Waals surface area contributed by atoms with Crippen LogP contribution in [0, 0.1) is 6.92 Å². The van der Waals surface area contributed by atoms with E-state index >= 15 is 0 Å². The molecule has 0 fully saturated rings. The van der Waals surface area contributed by atoms with Crippen molar-refractivity contribution in [2.75, 3.05) is 20.6 Å². The van der Waals surface area contributed by atoms with E-state index in [9.17, 15) is 0 Å². The smallest absolute Gasteiger partial charge is 0.135 e. The molecule has 0 aliphatic rings. The van der Waals surface area contributed by atoms with Gasteiger partial charge in [-0.1, -0.05) is 38.0 Å². The SMILES string of the molecule is CCCCCC[N+](C)(C)c1ccccc1C.[Cl-]. The zero-order chi connectivity index (χ0) is 12.0. The van der Waals surface area contributed by atoms with Gasteiger partial charge in [-0.15, -0.1) is 0 Å². The molecule has 0 aliphatic heterocycles. The maximum atomic E-state index is 2.31. The summed E-state index contributed by atoms with van der Waals surface area (Å²) in [7, 11) is 4.63. The summed E-state index contributed by atoms with van der Waals surface area (Å²) in [6.07, 6.45) is 5.38. The van der Waals surface area contributed by atoms with Gasteiger partial charge in [0.25, 0.3) is 0 Å². The van der Waals surface area contributed by atoms with Crippen LogP contribution in [0.4, 0.5) is 5.69 Å². The van der Waals surface area contributed by atoms with E-state index in [4.69, 9.17) is 0 Å². The van der Waals surface area contributed by atoms with Crippen molar-refractivity contribution in [1.82, 2.24) is 4.48 Å². The highest BCUT2D eigenvalue weighted by Crippen LogP contribution is 2.23. The van der Waals surface area contributed by atoms with Crippen LogP contribution in [0.1, 0.15) is 38.2 Å². The number of para-hydroxylation sites is 1. The Morgan fingerprint density at radius 2 is 1.65 bits per heavy atom. The van der Waals surface area contributed by atoms with E-state index in [1.165, 1.54) is 43.5 Å². The predicted octanol–water partition coefficient (Wildman–Crippen LogP) is 1.15. The summed E-state index contributed by atoms with van der Waals surface area (Å²) in [5, 5.41) is 0. The fourth-order valence-electron chi connectivity index (χ4n) is 2.30. The Labute approximate surface area is 113 Å². The van der Waals surface area contributed by atoms with Gasteiger partial charge in [0.2, 0.25) is 0 Å². The summed E-state index contributed by atoms with van der Waals surface area (Å²) in [5.74, 6) is 0. The average molecular weight is 256 g/mol. The third-order valence-electron chi connectivity index (χ3n) is 3.34. The van der Waals surface area contributed by atoms with Crippen LogP contribution in [0.25, 0.3) is 0 Å². The minimum absolute atomic E-state index is 0. The number of nitrogens with zero attached hydrogens (tertiary/aromatic N) is 1. The van der Waals surface area contributed by atoms with E-state index in [2.05, 4.69) is 52.2 Å². The molecule has 0 amide bonds. The molecule has 0 aliphatic carbocycles. The first-order valence-corrected chi connectivity index (χ1v) is 6.47. The Bertz CT molecular complexity index is 320. The number of aryl methyl sites for hydroxylation is 1. The van der Waals surface area contributed by atoms with E-state index < -0.39 is 0 Å². The molecule has 0 N–H and O–H groups in total. The molecule has 17 heavy (non-hydrogen) atoms. The van der Waals surface area contributed by atoms with Gasteiger partial charge in [-0.25, -0.2) is 0 Å². The molecule has 0 aromatic heterocycles. The molecular weight excluding hydrogens is 230 g/mol. The second-order valence-corrected chi connectivity index (χ2v) is 5.26. The van der Waals surface area contributed by atoms with Crippen LogP contribution in [-0.4, -0.2) is 20.6 Å². The van der Waals surface area contributed by atoms with Crippen molar-refractivity contribution in [2.45, 2.75) is 39.5 Å². The number of hydrogen-bond donors (Lipinski definition) is 0.